The highest BCUT2D eigenvalue weighted by atomic mass is 15.2. The quantitative estimate of drug-likeness (QED) is 0.474. The van der Waals surface area contributed by atoms with E-state index in [-0.39, 0.29) is 0 Å². The van der Waals surface area contributed by atoms with Gasteiger partial charge in [0, 0.05) is 6.04 Å². The van der Waals surface area contributed by atoms with Crippen molar-refractivity contribution in [3.8, 4) is 0 Å². The van der Waals surface area contributed by atoms with E-state index in [0.717, 1.165) is 11.8 Å². The summed E-state index contributed by atoms with van der Waals surface area (Å²) in [5.74, 6) is 7.08. The monoisotopic (exact) mass is 186 g/mol. The van der Waals surface area contributed by atoms with Gasteiger partial charge in [0.15, 0.2) is 0 Å². The first-order valence-corrected chi connectivity index (χ1v) is 5.61. The molecule has 0 aromatic rings. The molecule has 3 N–H and O–H groups in total. The molecule has 0 aliphatic carbocycles. The maximum atomic E-state index is 5.56. The van der Waals surface area contributed by atoms with Crippen LogP contribution in [0.2, 0.25) is 0 Å². The van der Waals surface area contributed by atoms with E-state index in [2.05, 4.69) is 33.1 Å². The lowest BCUT2D eigenvalue weighted by Gasteiger charge is -2.25. The molecule has 80 valence electrons. The van der Waals surface area contributed by atoms with Gasteiger partial charge in [0.25, 0.3) is 0 Å². The Balaban J connectivity index is 3.85. The Morgan fingerprint density at radius 1 is 1.08 bits per heavy atom. The summed E-state index contributed by atoms with van der Waals surface area (Å²) >= 11 is 0. The first-order chi connectivity index (χ1) is 6.15. The van der Waals surface area contributed by atoms with Gasteiger partial charge in [-0.2, -0.15) is 0 Å². The number of nitrogens with one attached hydrogen (secondary N) is 1. The number of hydrogen-bond acceptors (Lipinski definition) is 2. The fourth-order valence-corrected chi connectivity index (χ4v) is 1.83. The van der Waals surface area contributed by atoms with Crippen LogP contribution in [0.4, 0.5) is 0 Å². The van der Waals surface area contributed by atoms with Gasteiger partial charge in [-0.3, -0.25) is 11.3 Å². The Morgan fingerprint density at radius 2 is 1.62 bits per heavy atom. The smallest absolute Gasteiger partial charge is 0.0238 e. The van der Waals surface area contributed by atoms with Crippen LogP contribution in [0.1, 0.15) is 53.4 Å². The Morgan fingerprint density at radius 3 is 1.92 bits per heavy atom. The molecule has 0 saturated carbocycles. The molecule has 0 saturated heterocycles. The van der Waals surface area contributed by atoms with Crippen LogP contribution in [0.15, 0.2) is 0 Å². The fraction of sp³-hybridized carbons (Fsp3) is 1.00. The summed E-state index contributed by atoms with van der Waals surface area (Å²) in [5, 5.41) is 0. The van der Waals surface area contributed by atoms with Crippen LogP contribution in [-0.4, -0.2) is 6.04 Å². The van der Waals surface area contributed by atoms with E-state index in [1.165, 1.54) is 25.7 Å². The first kappa shape index (κ1) is 12.9. The second-order valence-electron chi connectivity index (χ2n) is 4.32. The summed E-state index contributed by atoms with van der Waals surface area (Å²) in [7, 11) is 0. The minimum absolute atomic E-state index is 0.511. The molecule has 13 heavy (non-hydrogen) atoms. The van der Waals surface area contributed by atoms with Gasteiger partial charge in [-0.15, -0.1) is 0 Å². The second kappa shape index (κ2) is 7.34. The van der Waals surface area contributed by atoms with E-state index in [1.807, 2.05) is 0 Å². The van der Waals surface area contributed by atoms with Gasteiger partial charge in [0.1, 0.15) is 0 Å². The van der Waals surface area contributed by atoms with E-state index < -0.39 is 0 Å². The number of rotatable bonds is 7. The molecule has 0 aromatic heterocycles. The molecular weight excluding hydrogens is 160 g/mol. The van der Waals surface area contributed by atoms with E-state index in [0.29, 0.717) is 6.04 Å². The average molecular weight is 186 g/mol. The SMILES string of the molecule is CCC(CC)C(CCC(C)C)NN. The van der Waals surface area contributed by atoms with Crippen LogP contribution in [0, 0.1) is 11.8 Å². The van der Waals surface area contributed by atoms with Crippen molar-refractivity contribution in [2.75, 3.05) is 0 Å². The standard InChI is InChI=1S/C11H26N2/c1-5-10(6-2)11(13-12)8-7-9(3)4/h9-11,13H,5-8,12H2,1-4H3. The third-order valence-electron chi connectivity index (χ3n) is 2.89. The zero-order chi connectivity index (χ0) is 10.3. The Labute approximate surface area is 83.2 Å². The second-order valence-corrected chi connectivity index (χ2v) is 4.32. The van der Waals surface area contributed by atoms with Gasteiger partial charge >= 0.3 is 0 Å². The minimum Gasteiger partial charge on any atom is -0.271 e. The van der Waals surface area contributed by atoms with Crippen LogP contribution in [0.25, 0.3) is 0 Å². The van der Waals surface area contributed by atoms with Crippen molar-refractivity contribution < 1.29 is 0 Å². The van der Waals surface area contributed by atoms with Crippen LogP contribution in [0.3, 0.4) is 0 Å². The number of hydrazine groups is 1. The lowest BCUT2D eigenvalue weighted by molar-refractivity contribution is 0.304. The highest BCUT2D eigenvalue weighted by molar-refractivity contribution is 4.72. The predicted molar refractivity (Wildman–Crippen MR) is 59.3 cm³/mol. The summed E-state index contributed by atoms with van der Waals surface area (Å²) in [6.45, 7) is 9.02. The molecule has 0 aliphatic heterocycles. The molecule has 0 heterocycles. The van der Waals surface area contributed by atoms with E-state index in [4.69, 9.17) is 5.84 Å². The first-order valence-electron chi connectivity index (χ1n) is 5.61. The highest BCUT2D eigenvalue weighted by Crippen LogP contribution is 2.18. The zero-order valence-electron chi connectivity index (χ0n) is 9.64. The largest absolute Gasteiger partial charge is 0.271 e. The Hall–Kier alpha value is -0.0800. The molecule has 0 spiro atoms. The van der Waals surface area contributed by atoms with E-state index in [9.17, 15) is 0 Å². The zero-order valence-corrected chi connectivity index (χ0v) is 9.64. The predicted octanol–water partition coefficient (Wildman–Crippen LogP) is 2.69. The van der Waals surface area contributed by atoms with Gasteiger partial charge in [0.2, 0.25) is 0 Å². The summed E-state index contributed by atoms with van der Waals surface area (Å²) in [6.07, 6.45) is 4.93. The average Bonchev–Trinajstić information content (AvgIpc) is 2.11. The minimum atomic E-state index is 0.511. The van der Waals surface area contributed by atoms with Crippen molar-refractivity contribution in [1.82, 2.24) is 5.43 Å². The van der Waals surface area contributed by atoms with E-state index in [1.54, 1.807) is 0 Å². The molecule has 0 rings (SSSR count). The van der Waals surface area contributed by atoms with E-state index >= 15 is 0 Å². The fourth-order valence-electron chi connectivity index (χ4n) is 1.83. The van der Waals surface area contributed by atoms with Gasteiger partial charge in [-0.05, 0) is 24.7 Å². The van der Waals surface area contributed by atoms with Gasteiger partial charge in [-0.1, -0.05) is 40.5 Å². The van der Waals surface area contributed by atoms with Crippen LogP contribution < -0.4 is 11.3 Å². The molecule has 2 nitrogen and oxygen atoms in total. The summed E-state index contributed by atoms with van der Waals surface area (Å²) in [5.41, 5.74) is 2.96. The summed E-state index contributed by atoms with van der Waals surface area (Å²) < 4.78 is 0. The third kappa shape index (κ3) is 5.27. The molecule has 1 unspecified atom stereocenters. The maximum Gasteiger partial charge on any atom is 0.0238 e. The molecule has 1 atom stereocenters. The highest BCUT2D eigenvalue weighted by Gasteiger charge is 2.16. The van der Waals surface area contributed by atoms with Crippen molar-refractivity contribution in [1.29, 1.82) is 0 Å². The number of nitrogens with two attached hydrogens (primary N) is 1. The molecular formula is C11H26N2. The van der Waals surface area contributed by atoms with Crippen molar-refractivity contribution in [2.24, 2.45) is 17.7 Å². The lowest BCUT2D eigenvalue weighted by Crippen LogP contribution is -2.40. The van der Waals surface area contributed by atoms with Gasteiger partial charge < -0.3 is 0 Å². The van der Waals surface area contributed by atoms with Crippen molar-refractivity contribution in [3.63, 3.8) is 0 Å². The van der Waals surface area contributed by atoms with Crippen molar-refractivity contribution in [3.05, 3.63) is 0 Å². The topological polar surface area (TPSA) is 38.0 Å². The Kier molecular flexibility index (Phi) is 7.29. The van der Waals surface area contributed by atoms with Crippen molar-refractivity contribution >= 4 is 0 Å². The molecule has 2 heteroatoms. The Bertz CT molecular complexity index is 109. The maximum absolute atomic E-state index is 5.56. The molecule has 0 bridgehead atoms. The van der Waals surface area contributed by atoms with Gasteiger partial charge in [-0.25, -0.2) is 0 Å². The van der Waals surface area contributed by atoms with Crippen molar-refractivity contribution in [2.45, 2.75) is 59.4 Å². The molecule has 0 aromatic carbocycles. The lowest BCUT2D eigenvalue weighted by atomic mass is 9.89. The molecule has 0 amide bonds. The molecule has 0 radical (unpaired) electrons. The summed E-state index contributed by atoms with van der Waals surface area (Å²) in [6, 6.07) is 0.511. The third-order valence-corrected chi connectivity index (χ3v) is 2.89. The number of hydrogen-bond donors (Lipinski definition) is 2. The summed E-state index contributed by atoms with van der Waals surface area (Å²) in [4.78, 5) is 0. The van der Waals surface area contributed by atoms with Gasteiger partial charge in [0.05, 0.1) is 0 Å². The molecule has 0 fully saturated rings. The van der Waals surface area contributed by atoms with Crippen LogP contribution in [0.5, 0.6) is 0 Å². The van der Waals surface area contributed by atoms with Crippen LogP contribution in [-0.2, 0) is 0 Å². The molecule has 0 aliphatic rings. The van der Waals surface area contributed by atoms with Crippen LogP contribution >= 0.6 is 0 Å². The normalized spacial score (nSPS) is 14.1.